The molecule has 0 aromatic rings. The average molecular weight is 383 g/mol. The second-order valence-electron chi connectivity index (χ2n) is 8.02. The summed E-state index contributed by atoms with van der Waals surface area (Å²) in [6, 6.07) is -0.550. The SMILES string of the molecule is CCC(CC)[C@H](NC(C)=O)[C@@H]1C=C(C(=O)OC)C[C@H]1NC(=O)OC(C)(C)C. The molecule has 0 heterocycles. The third-order valence-corrected chi connectivity index (χ3v) is 4.79. The largest absolute Gasteiger partial charge is 0.466 e. The van der Waals surface area contributed by atoms with Crippen LogP contribution in [0.3, 0.4) is 0 Å². The Morgan fingerprint density at radius 3 is 2.26 bits per heavy atom. The second kappa shape index (κ2) is 9.76. The molecule has 2 amide bonds. The van der Waals surface area contributed by atoms with Gasteiger partial charge in [-0.3, -0.25) is 4.79 Å². The first-order chi connectivity index (χ1) is 12.5. The Bertz CT molecular complexity index is 575. The van der Waals surface area contributed by atoms with Crippen LogP contribution in [0.2, 0.25) is 0 Å². The van der Waals surface area contributed by atoms with E-state index in [-0.39, 0.29) is 29.8 Å². The van der Waals surface area contributed by atoms with Crippen molar-refractivity contribution in [3.8, 4) is 0 Å². The van der Waals surface area contributed by atoms with Crippen LogP contribution in [0.4, 0.5) is 4.79 Å². The van der Waals surface area contributed by atoms with E-state index in [0.717, 1.165) is 12.8 Å². The number of nitrogens with one attached hydrogen (secondary N) is 2. The molecule has 0 saturated carbocycles. The maximum atomic E-state index is 12.3. The normalized spacial score (nSPS) is 20.7. The maximum Gasteiger partial charge on any atom is 0.407 e. The van der Waals surface area contributed by atoms with E-state index < -0.39 is 17.7 Å². The van der Waals surface area contributed by atoms with Gasteiger partial charge in [0.15, 0.2) is 0 Å². The van der Waals surface area contributed by atoms with Crippen molar-refractivity contribution < 1.29 is 23.9 Å². The number of methoxy groups -OCH3 is 1. The van der Waals surface area contributed by atoms with Crippen LogP contribution < -0.4 is 10.6 Å². The van der Waals surface area contributed by atoms with Gasteiger partial charge in [-0.25, -0.2) is 9.59 Å². The summed E-state index contributed by atoms with van der Waals surface area (Å²) < 4.78 is 10.2. The third kappa shape index (κ3) is 6.88. The Hall–Kier alpha value is -2.05. The Kier molecular flexibility index (Phi) is 8.31. The third-order valence-electron chi connectivity index (χ3n) is 4.79. The van der Waals surface area contributed by atoms with Gasteiger partial charge in [0, 0.05) is 36.9 Å². The molecule has 0 saturated heterocycles. The number of amides is 2. The number of alkyl carbamates (subject to hydrolysis) is 1. The fourth-order valence-corrected chi connectivity index (χ4v) is 3.59. The van der Waals surface area contributed by atoms with E-state index in [1.54, 1.807) is 20.8 Å². The van der Waals surface area contributed by atoms with E-state index in [2.05, 4.69) is 24.5 Å². The van der Waals surface area contributed by atoms with Crippen molar-refractivity contribution in [3.05, 3.63) is 11.6 Å². The summed E-state index contributed by atoms with van der Waals surface area (Å²) in [6.45, 7) is 11.0. The first-order valence-electron chi connectivity index (χ1n) is 9.57. The molecule has 154 valence electrons. The first kappa shape index (κ1) is 23.0. The topological polar surface area (TPSA) is 93.7 Å². The number of hydrogen-bond acceptors (Lipinski definition) is 5. The Labute approximate surface area is 162 Å². The smallest absolute Gasteiger partial charge is 0.407 e. The van der Waals surface area contributed by atoms with Gasteiger partial charge in [-0.05, 0) is 26.7 Å². The zero-order valence-corrected chi connectivity index (χ0v) is 17.5. The van der Waals surface area contributed by atoms with Gasteiger partial charge in [0.05, 0.1) is 7.11 Å². The predicted molar refractivity (Wildman–Crippen MR) is 103 cm³/mol. The fraction of sp³-hybridized carbons (Fsp3) is 0.750. The summed E-state index contributed by atoms with van der Waals surface area (Å²) in [6.07, 6.45) is 3.37. The summed E-state index contributed by atoms with van der Waals surface area (Å²) in [5.74, 6) is -0.557. The lowest BCUT2D eigenvalue weighted by molar-refractivity contribution is -0.136. The zero-order chi connectivity index (χ0) is 20.8. The monoisotopic (exact) mass is 382 g/mol. The minimum absolute atomic E-state index is 0.136. The van der Waals surface area contributed by atoms with Crippen LogP contribution in [-0.2, 0) is 19.1 Å². The highest BCUT2D eigenvalue weighted by Gasteiger charge is 2.40. The number of ether oxygens (including phenoxy) is 2. The summed E-state index contributed by atoms with van der Waals surface area (Å²) >= 11 is 0. The molecule has 7 nitrogen and oxygen atoms in total. The lowest BCUT2D eigenvalue weighted by atomic mass is 9.82. The van der Waals surface area contributed by atoms with E-state index in [1.165, 1.54) is 14.0 Å². The van der Waals surface area contributed by atoms with Crippen LogP contribution >= 0.6 is 0 Å². The lowest BCUT2D eigenvalue weighted by Crippen LogP contribution is -2.51. The molecule has 1 aliphatic rings. The number of carbonyl (C=O) groups excluding carboxylic acids is 3. The molecular formula is C20H34N2O5. The lowest BCUT2D eigenvalue weighted by Gasteiger charge is -2.34. The zero-order valence-electron chi connectivity index (χ0n) is 17.5. The van der Waals surface area contributed by atoms with E-state index in [9.17, 15) is 14.4 Å². The van der Waals surface area contributed by atoms with Crippen molar-refractivity contribution in [2.75, 3.05) is 7.11 Å². The highest BCUT2D eigenvalue weighted by molar-refractivity contribution is 5.89. The number of carbonyl (C=O) groups is 3. The molecule has 0 aromatic carbocycles. The second-order valence-corrected chi connectivity index (χ2v) is 8.02. The minimum Gasteiger partial charge on any atom is -0.466 e. The quantitative estimate of drug-likeness (QED) is 0.660. The van der Waals surface area contributed by atoms with Crippen molar-refractivity contribution in [1.82, 2.24) is 10.6 Å². The van der Waals surface area contributed by atoms with Crippen molar-refractivity contribution in [1.29, 1.82) is 0 Å². The van der Waals surface area contributed by atoms with E-state index in [0.29, 0.717) is 12.0 Å². The molecule has 27 heavy (non-hydrogen) atoms. The molecule has 0 fully saturated rings. The van der Waals surface area contributed by atoms with Crippen LogP contribution in [0.1, 0.15) is 60.8 Å². The summed E-state index contributed by atoms with van der Waals surface area (Å²) in [4.78, 5) is 36.2. The van der Waals surface area contributed by atoms with Crippen molar-refractivity contribution in [2.45, 2.75) is 78.5 Å². The van der Waals surface area contributed by atoms with Gasteiger partial charge in [0.1, 0.15) is 5.60 Å². The van der Waals surface area contributed by atoms with Gasteiger partial charge in [-0.15, -0.1) is 0 Å². The molecule has 7 heteroatoms. The molecule has 0 bridgehead atoms. The molecular weight excluding hydrogens is 348 g/mol. The Balaban J connectivity index is 3.13. The van der Waals surface area contributed by atoms with Crippen molar-refractivity contribution in [3.63, 3.8) is 0 Å². The standard InChI is InChI=1S/C20H34N2O5/c1-8-13(9-2)17(21-12(3)23)15-10-14(18(24)26-7)11-16(15)22-19(25)27-20(4,5)6/h10,13,15-17H,8-9,11H2,1-7H3,(H,21,23)(H,22,25)/t15-,16-,17+/m1/s1. The summed E-state index contributed by atoms with van der Waals surface area (Å²) in [5.41, 5.74) is -0.117. The van der Waals surface area contributed by atoms with Crippen molar-refractivity contribution >= 4 is 18.0 Å². The molecule has 0 radical (unpaired) electrons. The van der Waals surface area contributed by atoms with Crippen LogP contribution in [0.25, 0.3) is 0 Å². The van der Waals surface area contributed by atoms with Gasteiger partial charge >= 0.3 is 12.1 Å². The predicted octanol–water partition coefficient (Wildman–Crippen LogP) is 2.94. The number of esters is 1. The molecule has 3 atom stereocenters. The van der Waals surface area contributed by atoms with Gasteiger partial charge in [-0.1, -0.05) is 32.8 Å². The number of rotatable bonds is 7. The minimum atomic E-state index is -0.622. The number of hydrogen-bond donors (Lipinski definition) is 2. The van der Waals surface area contributed by atoms with Crippen LogP contribution in [0, 0.1) is 11.8 Å². The molecule has 0 unspecified atom stereocenters. The Morgan fingerprint density at radius 1 is 1.22 bits per heavy atom. The van der Waals surface area contributed by atoms with Gasteiger partial charge < -0.3 is 20.1 Å². The average Bonchev–Trinajstić information content (AvgIpc) is 2.95. The molecule has 1 aliphatic carbocycles. The van der Waals surface area contributed by atoms with Gasteiger partial charge in [0.25, 0.3) is 0 Å². The van der Waals surface area contributed by atoms with Crippen LogP contribution in [-0.4, -0.2) is 42.8 Å². The van der Waals surface area contributed by atoms with E-state index >= 15 is 0 Å². The fourth-order valence-electron chi connectivity index (χ4n) is 3.59. The first-order valence-corrected chi connectivity index (χ1v) is 9.57. The summed E-state index contributed by atoms with van der Waals surface area (Å²) in [5, 5.41) is 5.90. The van der Waals surface area contributed by atoms with Crippen LogP contribution in [0.15, 0.2) is 11.6 Å². The van der Waals surface area contributed by atoms with Gasteiger partial charge in [0.2, 0.25) is 5.91 Å². The molecule has 0 aliphatic heterocycles. The van der Waals surface area contributed by atoms with E-state index in [4.69, 9.17) is 9.47 Å². The Morgan fingerprint density at radius 2 is 1.81 bits per heavy atom. The molecule has 1 rings (SSSR count). The molecule has 0 spiro atoms. The van der Waals surface area contributed by atoms with Crippen LogP contribution in [0.5, 0.6) is 0 Å². The maximum absolute atomic E-state index is 12.3. The highest BCUT2D eigenvalue weighted by Crippen LogP contribution is 2.33. The van der Waals surface area contributed by atoms with Gasteiger partial charge in [-0.2, -0.15) is 0 Å². The van der Waals surface area contributed by atoms with Crippen molar-refractivity contribution in [2.24, 2.45) is 11.8 Å². The highest BCUT2D eigenvalue weighted by atomic mass is 16.6. The molecule has 2 N–H and O–H groups in total. The summed E-state index contributed by atoms with van der Waals surface area (Å²) in [7, 11) is 1.33. The molecule has 0 aromatic heterocycles. The van der Waals surface area contributed by atoms with E-state index in [1.807, 2.05) is 6.08 Å².